The first-order valence-corrected chi connectivity index (χ1v) is 8.25. The zero-order chi connectivity index (χ0) is 13.9. The number of nitrogen functional groups attached to an aromatic ring is 1. The maximum atomic E-state index is 12.4. The zero-order valence-electron chi connectivity index (χ0n) is 11.3. The molecule has 5 nitrogen and oxygen atoms in total. The predicted molar refractivity (Wildman–Crippen MR) is 77.5 cm³/mol. The van der Waals surface area contributed by atoms with Crippen LogP contribution in [0, 0.1) is 0 Å². The molecule has 0 aromatic heterocycles. The molecule has 0 saturated carbocycles. The largest absolute Gasteiger partial charge is 0.486 e. The Kier molecular flexibility index (Phi) is 4.12. The summed E-state index contributed by atoms with van der Waals surface area (Å²) in [7, 11) is -0.925. The third kappa shape index (κ3) is 2.91. The standard InChI is InChI=1S/C14H19NO4S/c15-12-8-14-13(18-5-6-19-14)7-10(12)9-20(16)11-1-3-17-4-2-11/h7-8,11H,1-6,9,15H2. The van der Waals surface area contributed by atoms with Gasteiger partial charge in [0.1, 0.15) is 13.2 Å². The quantitative estimate of drug-likeness (QED) is 0.855. The predicted octanol–water partition coefficient (Wildman–Crippen LogP) is 1.47. The van der Waals surface area contributed by atoms with Gasteiger partial charge in [0.25, 0.3) is 0 Å². The Bertz CT molecular complexity index is 514. The zero-order valence-corrected chi connectivity index (χ0v) is 12.1. The molecule has 1 aromatic carbocycles. The lowest BCUT2D eigenvalue weighted by atomic mass is 10.1. The van der Waals surface area contributed by atoms with Gasteiger partial charge in [0, 0.05) is 41.0 Å². The molecule has 0 radical (unpaired) electrons. The third-order valence-corrected chi connectivity index (χ3v) is 5.45. The number of hydrogen-bond donors (Lipinski definition) is 1. The number of hydrogen-bond acceptors (Lipinski definition) is 5. The number of rotatable bonds is 3. The van der Waals surface area contributed by atoms with Crippen LogP contribution in [0.25, 0.3) is 0 Å². The van der Waals surface area contributed by atoms with Gasteiger partial charge in [-0.05, 0) is 24.5 Å². The monoisotopic (exact) mass is 297 g/mol. The van der Waals surface area contributed by atoms with E-state index in [9.17, 15) is 4.21 Å². The van der Waals surface area contributed by atoms with Crippen LogP contribution in [-0.2, 0) is 21.3 Å². The summed E-state index contributed by atoms with van der Waals surface area (Å²) in [6.07, 6.45) is 1.72. The number of nitrogens with two attached hydrogens (primary N) is 1. The molecule has 1 saturated heterocycles. The fraction of sp³-hybridized carbons (Fsp3) is 0.571. The summed E-state index contributed by atoms with van der Waals surface area (Å²) >= 11 is 0. The molecule has 3 rings (SSSR count). The van der Waals surface area contributed by atoms with Crippen molar-refractivity contribution >= 4 is 16.5 Å². The van der Waals surface area contributed by atoms with E-state index in [1.807, 2.05) is 6.07 Å². The molecule has 0 amide bonds. The maximum Gasteiger partial charge on any atom is 0.163 e. The molecule has 2 aliphatic heterocycles. The van der Waals surface area contributed by atoms with E-state index in [0.29, 0.717) is 49.4 Å². The van der Waals surface area contributed by atoms with Crippen molar-refractivity contribution in [3.63, 3.8) is 0 Å². The fourth-order valence-electron chi connectivity index (χ4n) is 2.48. The van der Waals surface area contributed by atoms with E-state index in [2.05, 4.69) is 0 Å². The second-order valence-corrected chi connectivity index (χ2v) is 6.75. The van der Waals surface area contributed by atoms with Crippen molar-refractivity contribution < 1.29 is 18.4 Å². The van der Waals surface area contributed by atoms with Crippen molar-refractivity contribution in [3.05, 3.63) is 17.7 Å². The molecule has 2 aliphatic rings. The molecule has 1 atom stereocenters. The molecule has 2 heterocycles. The van der Waals surface area contributed by atoms with Crippen molar-refractivity contribution in [2.24, 2.45) is 0 Å². The summed E-state index contributed by atoms with van der Waals surface area (Å²) in [5, 5.41) is 0.205. The van der Waals surface area contributed by atoms with Crippen LogP contribution >= 0.6 is 0 Å². The Balaban J connectivity index is 1.74. The van der Waals surface area contributed by atoms with Crippen LogP contribution in [0.2, 0.25) is 0 Å². The van der Waals surface area contributed by atoms with Gasteiger partial charge in [-0.15, -0.1) is 0 Å². The van der Waals surface area contributed by atoms with Gasteiger partial charge in [0.2, 0.25) is 0 Å². The first kappa shape index (κ1) is 13.7. The molecular weight excluding hydrogens is 278 g/mol. The van der Waals surface area contributed by atoms with Gasteiger partial charge in [0.15, 0.2) is 11.5 Å². The van der Waals surface area contributed by atoms with Crippen LogP contribution in [0.3, 0.4) is 0 Å². The van der Waals surface area contributed by atoms with Gasteiger partial charge in [-0.3, -0.25) is 4.21 Å². The van der Waals surface area contributed by atoms with Crippen LogP contribution < -0.4 is 15.2 Å². The normalized spacial score (nSPS) is 20.6. The van der Waals surface area contributed by atoms with Crippen LogP contribution in [0.5, 0.6) is 11.5 Å². The van der Waals surface area contributed by atoms with Crippen molar-refractivity contribution in [2.45, 2.75) is 23.8 Å². The molecular formula is C14H19NO4S. The maximum absolute atomic E-state index is 12.4. The summed E-state index contributed by atoms with van der Waals surface area (Å²) in [6, 6.07) is 3.63. The molecule has 2 N–H and O–H groups in total. The average Bonchev–Trinajstić information content (AvgIpc) is 2.49. The molecule has 110 valence electrons. The molecule has 1 aromatic rings. The summed E-state index contributed by atoms with van der Waals surface area (Å²) in [5.41, 5.74) is 7.52. The van der Waals surface area contributed by atoms with Crippen LogP contribution in [0.1, 0.15) is 18.4 Å². The van der Waals surface area contributed by atoms with E-state index >= 15 is 0 Å². The second-order valence-electron chi connectivity index (χ2n) is 5.03. The minimum Gasteiger partial charge on any atom is -0.486 e. The fourth-order valence-corrected chi connectivity index (χ4v) is 3.99. The van der Waals surface area contributed by atoms with E-state index in [0.717, 1.165) is 18.4 Å². The third-order valence-electron chi connectivity index (χ3n) is 3.64. The van der Waals surface area contributed by atoms with Crippen molar-refractivity contribution in [1.82, 2.24) is 0 Å². The highest BCUT2D eigenvalue weighted by Crippen LogP contribution is 2.35. The average molecular weight is 297 g/mol. The van der Waals surface area contributed by atoms with Crippen LogP contribution in [0.4, 0.5) is 5.69 Å². The first-order chi connectivity index (χ1) is 9.74. The number of fused-ring (bicyclic) bond motifs is 1. The highest BCUT2D eigenvalue weighted by Gasteiger charge is 2.22. The molecule has 6 heteroatoms. The van der Waals surface area contributed by atoms with E-state index in [-0.39, 0.29) is 5.25 Å². The van der Waals surface area contributed by atoms with Crippen LogP contribution in [0.15, 0.2) is 12.1 Å². The Morgan fingerprint density at radius 1 is 1.10 bits per heavy atom. The number of ether oxygens (including phenoxy) is 3. The van der Waals surface area contributed by atoms with Crippen LogP contribution in [-0.4, -0.2) is 35.9 Å². The Hall–Kier alpha value is -1.27. The van der Waals surface area contributed by atoms with Gasteiger partial charge >= 0.3 is 0 Å². The Labute approximate surface area is 120 Å². The smallest absolute Gasteiger partial charge is 0.163 e. The van der Waals surface area contributed by atoms with Gasteiger partial charge in [-0.2, -0.15) is 0 Å². The Morgan fingerprint density at radius 2 is 1.75 bits per heavy atom. The van der Waals surface area contributed by atoms with E-state index < -0.39 is 10.8 Å². The van der Waals surface area contributed by atoms with E-state index in [1.54, 1.807) is 6.07 Å². The van der Waals surface area contributed by atoms with Gasteiger partial charge in [0.05, 0.1) is 5.75 Å². The minimum absolute atomic E-state index is 0.205. The lowest BCUT2D eigenvalue weighted by Crippen LogP contribution is -2.26. The van der Waals surface area contributed by atoms with Gasteiger partial charge in [-0.25, -0.2) is 0 Å². The highest BCUT2D eigenvalue weighted by atomic mass is 32.2. The molecule has 20 heavy (non-hydrogen) atoms. The van der Waals surface area contributed by atoms with E-state index in [1.165, 1.54) is 0 Å². The van der Waals surface area contributed by atoms with Gasteiger partial charge < -0.3 is 19.9 Å². The summed E-state index contributed by atoms with van der Waals surface area (Å²) in [6.45, 7) is 2.49. The highest BCUT2D eigenvalue weighted by molar-refractivity contribution is 7.84. The summed E-state index contributed by atoms with van der Waals surface area (Å²) in [4.78, 5) is 0. The van der Waals surface area contributed by atoms with Crippen molar-refractivity contribution in [1.29, 1.82) is 0 Å². The van der Waals surface area contributed by atoms with Crippen molar-refractivity contribution in [3.8, 4) is 11.5 Å². The molecule has 0 spiro atoms. The molecule has 0 bridgehead atoms. The minimum atomic E-state index is -0.925. The van der Waals surface area contributed by atoms with E-state index in [4.69, 9.17) is 19.9 Å². The SMILES string of the molecule is Nc1cc2c(cc1CS(=O)C1CCOCC1)OCCO2. The molecule has 0 aliphatic carbocycles. The van der Waals surface area contributed by atoms with Gasteiger partial charge in [-0.1, -0.05) is 0 Å². The number of anilines is 1. The Morgan fingerprint density at radius 3 is 2.45 bits per heavy atom. The van der Waals surface area contributed by atoms with Crippen molar-refractivity contribution in [2.75, 3.05) is 32.2 Å². The number of benzene rings is 1. The lowest BCUT2D eigenvalue weighted by Gasteiger charge is -2.23. The molecule has 1 fully saturated rings. The summed E-state index contributed by atoms with van der Waals surface area (Å²) in [5.74, 6) is 1.84. The summed E-state index contributed by atoms with van der Waals surface area (Å²) < 4.78 is 28.7. The lowest BCUT2D eigenvalue weighted by molar-refractivity contribution is 0.0992. The first-order valence-electron chi connectivity index (χ1n) is 6.87. The second kappa shape index (κ2) is 6.01. The molecule has 1 unspecified atom stereocenters. The topological polar surface area (TPSA) is 70.8 Å².